The molecule has 0 radical (unpaired) electrons. The van der Waals surface area contributed by atoms with Crippen molar-refractivity contribution < 1.29 is 9.53 Å². The number of thioether (sulfide) groups is 1. The number of rotatable bonds is 5. The van der Waals surface area contributed by atoms with Crippen molar-refractivity contribution in [3.8, 4) is 5.88 Å². The van der Waals surface area contributed by atoms with Crippen LogP contribution in [0.3, 0.4) is 0 Å². The minimum Gasteiger partial charge on any atom is -0.480 e. The molecule has 0 spiro atoms. The van der Waals surface area contributed by atoms with Crippen LogP contribution >= 0.6 is 11.8 Å². The van der Waals surface area contributed by atoms with E-state index >= 15 is 0 Å². The highest BCUT2D eigenvalue weighted by atomic mass is 32.2. The van der Waals surface area contributed by atoms with E-state index in [9.17, 15) is 4.79 Å². The average Bonchev–Trinajstić information content (AvgIpc) is 2.36. The van der Waals surface area contributed by atoms with E-state index in [1.807, 2.05) is 25.3 Å². The van der Waals surface area contributed by atoms with Crippen LogP contribution in [0.2, 0.25) is 0 Å². The molecule has 0 amide bonds. The minimum absolute atomic E-state index is 0.131. The molecule has 0 aromatic carbocycles. The number of nitrogens with zero attached hydrogens (tertiary/aromatic N) is 3. The summed E-state index contributed by atoms with van der Waals surface area (Å²) in [4.78, 5) is 22.3. The van der Waals surface area contributed by atoms with Crippen LogP contribution in [0.5, 0.6) is 5.88 Å². The lowest BCUT2D eigenvalue weighted by Gasteiger charge is -2.10. The number of Topliss-reactive ketones (excluding diaryl/α,β-unsaturated/α-hetero) is 1. The van der Waals surface area contributed by atoms with Gasteiger partial charge in [-0.3, -0.25) is 4.79 Å². The van der Waals surface area contributed by atoms with Crippen LogP contribution in [0.25, 0.3) is 0 Å². The van der Waals surface area contributed by atoms with Gasteiger partial charge in [-0.1, -0.05) is 11.8 Å². The first-order valence-electron chi connectivity index (χ1n) is 5.34. The van der Waals surface area contributed by atoms with Gasteiger partial charge in [-0.2, -0.15) is 4.98 Å². The van der Waals surface area contributed by atoms with Crippen LogP contribution in [-0.2, 0) is 0 Å². The summed E-state index contributed by atoms with van der Waals surface area (Å²) < 4.78 is 5.14. The third kappa shape index (κ3) is 3.46. The van der Waals surface area contributed by atoms with Crippen LogP contribution in [-0.4, -0.2) is 48.1 Å². The zero-order valence-electron chi connectivity index (χ0n) is 11.2. The van der Waals surface area contributed by atoms with Gasteiger partial charge in [-0.15, -0.1) is 0 Å². The van der Waals surface area contributed by atoms with Crippen molar-refractivity contribution in [2.24, 2.45) is 0 Å². The Morgan fingerprint density at radius 2 is 2.17 bits per heavy atom. The van der Waals surface area contributed by atoms with Crippen molar-refractivity contribution in [3.05, 3.63) is 23.5 Å². The molecule has 0 saturated heterocycles. The molecule has 0 aliphatic carbocycles. The number of carbonyl (C=O) groups excluding carboxylic acids is 1. The first-order chi connectivity index (χ1) is 8.49. The maximum absolute atomic E-state index is 12.2. The van der Waals surface area contributed by atoms with Gasteiger partial charge in [0.2, 0.25) is 5.88 Å². The summed E-state index contributed by atoms with van der Waals surface area (Å²) in [6, 6.07) is 0. The Labute approximate surface area is 111 Å². The second kappa shape index (κ2) is 6.39. The molecule has 0 unspecified atom stereocenters. The zero-order chi connectivity index (χ0) is 13.7. The molecule has 0 aliphatic heterocycles. The molecule has 0 saturated carbocycles. The molecule has 0 aliphatic rings. The van der Waals surface area contributed by atoms with Gasteiger partial charge in [0.15, 0.2) is 10.9 Å². The molecule has 0 bridgehead atoms. The maximum atomic E-state index is 12.2. The Morgan fingerprint density at radius 1 is 1.50 bits per heavy atom. The Hall–Kier alpha value is -1.56. The number of methoxy groups -OCH3 is 1. The molecule has 1 heterocycles. The topological polar surface area (TPSA) is 55.3 Å². The van der Waals surface area contributed by atoms with Gasteiger partial charge in [-0.05, 0) is 13.2 Å². The summed E-state index contributed by atoms with van der Waals surface area (Å²) in [6.45, 7) is 1.75. The fraction of sp³-hybridized carbons (Fsp3) is 0.417. The summed E-state index contributed by atoms with van der Waals surface area (Å²) in [5.74, 6) is 0.180. The fourth-order valence-electron chi connectivity index (χ4n) is 1.42. The van der Waals surface area contributed by atoms with E-state index in [2.05, 4.69) is 9.97 Å². The highest BCUT2D eigenvalue weighted by Crippen LogP contribution is 2.21. The van der Waals surface area contributed by atoms with Crippen molar-refractivity contribution in [1.82, 2.24) is 14.9 Å². The molecule has 0 atom stereocenters. The Bertz CT molecular complexity index is 472. The van der Waals surface area contributed by atoms with E-state index in [4.69, 9.17) is 4.74 Å². The van der Waals surface area contributed by atoms with Crippen LogP contribution in [0, 0.1) is 0 Å². The number of carbonyl (C=O) groups is 1. The summed E-state index contributed by atoms with van der Waals surface area (Å²) in [5.41, 5.74) is 0.990. The summed E-state index contributed by atoms with van der Waals surface area (Å²) in [5, 5.41) is 0.581. The lowest BCUT2D eigenvalue weighted by atomic mass is 10.1. The number of ketones is 1. The van der Waals surface area contributed by atoms with E-state index in [-0.39, 0.29) is 5.78 Å². The van der Waals surface area contributed by atoms with Crippen molar-refractivity contribution in [3.63, 3.8) is 0 Å². The van der Waals surface area contributed by atoms with E-state index in [1.54, 1.807) is 13.1 Å². The van der Waals surface area contributed by atoms with Crippen LogP contribution in [0.4, 0.5) is 0 Å². The molecule has 0 fully saturated rings. The SMILES string of the molecule is COc1nc(SC)ncc1C(=O)C(C)=CN(C)C. The number of allylic oxidation sites excluding steroid dienone is 1. The maximum Gasteiger partial charge on any atom is 0.228 e. The van der Waals surface area contributed by atoms with Gasteiger partial charge in [0.25, 0.3) is 0 Å². The van der Waals surface area contributed by atoms with E-state index < -0.39 is 0 Å². The largest absolute Gasteiger partial charge is 0.480 e. The number of hydrogen-bond donors (Lipinski definition) is 0. The van der Waals surface area contributed by atoms with Crippen LogP contribution in [0.1, 0.15) is 17.3 Å². The van der Waals surface area contributed by atoms with E-state index in [1.165, 1.54) is 25.1 Å². The highest BCUT2D eigenvalue weighted by molar-refractivity contribution is 7.98. The molecule has 5 nitrogen and oxygen atoms in total. The second-order valence-electron chi connectivity index (χ2n) is 3.88. The van der Waals surface area contributed by atoms with Gasteiger partial charge in [0, 0.05) is 32.1 Å². The normalized spacial score (nSPS) is 11.3. The van der Waals surface area contributed by atoms with Crippen molar-refractivity contribution in [2.45, 2.75) is 12.1 Å². The third-order valence-corrected chi connectivity index (χ3v) is 2.72. The van der Waals surface area contributed by atoms with E-state index in [0.717, 1.165) is 0 Å². The first-order valence-corrected chi connectivity index (χ1v) is 6.56. The van der Waals surface area contributed by atoms with Crippen molar-refractivity contribution >= 4 is 17.5 Å². The standard InChI is InChI=1S/C12H17N3O2S/c1-8(7-15(2)3)10(16)9-6-13-12(18-5)14-11(9)17-4/h6-7H,1-5H3. The third-order valence-electron chi connectivity index (χ3n) is 2.16. The second-order valence-corrected chi connectivity index (χ2v) is 4.66. The fourth-order valence-corrected chi connectivity index (χ4v) is 1.75. The van der Waals surface area contributed by atoms with Gasteiger partial charge < -0.3 is 9.64 Å². The predicted molar refractivity (Wildman–Crippen MR) is 72.1 cm³/mol. The minimum atomic E-state index is -0.131. The molecule has 6 heteroatoms. The summed E-state index contributed by atoms with van der Waals surface area (Å²) in [6.07, 6.45) is 5.13. The lowest BCUT2D eigenvalue weighted by Crippen LogP contribution is -2.10. The first kappa shape index (κ1) is 14.5. The number of ether oxygens (including phenoxy) is 1. The number of aromatic nitrogens is 2. The van der Waals surface area contributed by atoms with Crippen molar-refractivity contribution in [1.29, 1.82) is 0 Å². The Balaban J connectivity index is 3.13. The molecular weight excluding hydrogens is 250 g/mol. The van der Waals surface area contributed by atoms with E-state index in [0.29, 0.717) is 22.2 Å². The molecular formula is C12H17N3O2S. The molecule has 0 N–H and O–H groups in total. The van der Waals surface area contributed by atoms with Gasteiger partial charge in [-0.25, -0.2) is 4.98 Å². The van der Waals surface area contributed by atoms with Crippen LogP contribution in [0.15, 0.2) is 23.1 Å². The summed E-state index contributed by atoms with van der Waals surface area (Å²) in [7, 11) is 5.22. The van der Waals surface area contributed by atoms with Gasteiger partial charge in [0.1, 0.15) is 5.56 Å². The average molecular weight is 267 g/mol. The smallest absolute Gasteiger partial charge is 0.228 e. The Kier molecular flexibility index (Phi) is 5.15. The Morgan fingerprint density at radius 3 is 2.67 bits per heavy atom. The molecule has 1 aromatic rings. The van der Waals surface area contributed by atoms with Gasteiger partial charge >= 0.3 is 0 Å². The molecule has 98 valence electrons. The predicted octanol–water partition coefficient (Wildman–Crippen LogP) is 1.86. The molecule has 1 rings (SSSR count). The number of hydrogen-bond acceptors (Lipinski definition) is 6. The monoisotopic (exact) mass is 267 g/mol. The molecule has 1 aromatic heterocycles. The quantitative estimate of drug-likeness (QED) is 0.351. The highest BCUT2D eigenvalue weighted by Gasteiger charge is 2.17. The molecule has 18 heavy (non-hydrogen) atoms. The van der Waals surface area contributed by atoms with Crippen LogP contribution < -0.4 is 4.74 Å². The lowest BCUT2D eigenvalue weighted by molar-refractivity contribution is 0.102. The summed E-state index contributed by atoms with van der Waals surface area (Å²) >= 11 is 1.40. The van der Waals surface area contributed by atoms with Gasteiger partial charge in [0.05, 0.1) is 7.11 Å². The zero-order valence-corrected chi connectivity index (χ0v) is 12.0. The van der Waals surface area contributed by atoms with Crippen molar-refractivity contribution in [2.75, 3.05) is 27.5 Å².